The summed E-state index contributed by atoms with van der Waals surface area (Å²) in [6.45, 7) is 0.370. The second-order valence-electron chi connectivity index (χ2n) is 9.03. The average Bonchev–Trinajstić information content (AvgIpc) is 3.24. The molecule has 0 bridgehead atoms. The normalized spacial score (nSPS) is 12.0. The molecule has 1 atom stereocenters. The first kappa shape index (κ1) is 31.2. The Balaban J connectivity index is 1.69. The van der Waals surface area contributed by atoms with Crippen LogP contribution in [0.3, 0.4) is 0 Å². The highest BCUT2D eigenvalue weighted by Gasteiger charge is 2.21. The Labute approximate surface area is 252 Å². The lowest BCUT2D eigenvalue weighted by atomic mass is 10.1. The van der Waals surface area contributed by atoms with E-state index in [1.54, 1.807) is 23.7 Å². The Morgan fingerprint density at radius 2 is 1.83 bits per heavy atom. The zero-order valence-corrected chi connectivity index (χ0v) is 24.2. The van der Waals surface area contributed by atoms with E-state index in [4.69, 9.17) is 39.5 Å². The number of aliphatic hydroxyl groups excluding tert-OH is 1. The van der Waals surface area contributed by atoms with E-state index in [9.17, 15) is 27.9 Å². The van der Waals surface area contributed by atoms with Gasteiger partial charge in [-0.1, -0.05) is 40.9 Å². The van der Waals surface area contributed by atoms with Crippen molar-refractivity contribution in [3.05, 3.63) is 74.5 Å². The number of nitrogens with one attached hydrogen (secondary N) is 3. The number of amides is 2. The van der Waals surface area contributed by atoms with Gasteiger partial charge >= 0.3 is 0 Å². The number of alkyl halides is 2. The SMILES string of the molecule is CC(O)C(=O)NCc1ccc(Cl)c(Nc2nc3cc(C(=O)Nc4ccc(F)c(Cl)c4)c(OCC(F)F)cc3n2C)c1Cl. The maximum Gasteiger partial charge on any atom is 0.272 e. The highest BCUT2D eigenvalue weighted by atomic mass is 35.5. The third-order valence-corrected chi connectivity index (χ3v) is 7.05. The Hall–Kier alpha value is -3.71. The van der Waals surface area contributed by atoms with E-state index >= 15 is 0 Å². The van der Waals surface area contributed by atoms with Crippen molar-refractivity contribution >= 4 is 75.0 Å². The van der Waals surface area contributed by atoms with Crippen LogP contribution in [0.1, 0.15) is 22.8 Å². The molecule has 4 N–H and O–H groups in total. The number of aliphatic hydroxyl groups is 1. The first-order valence-corrected chi connectivity index (χ1v) is 13.4. The van der Waals surface area contributed by atoms with Gasteiger partial charge in [0, 0.05) is 25.3 Å². The third kappa shape index (κ3) is 7.01. The number of carbonyl (C=O) groups excluding carboxylic acids is 2. The molecule has 0 saturated heterocycles. The number of aryl methyl sites for hydroxylation is 1. The van der Waals surface area contributed by atoms with Crippen LogP contribution in [-0.4, -0.2) is 45.6 Å². The van der Waals surface area contributed by atoms with Crippen molar-refractivity contribution in [2.75, 3.05) is 17.2 Å². The van der Waals surface area contributed by atoms with Crippen LogP contribution in [0.25, 0.3) is 11.0 Å². The molecular formula is C27H23Cl3F3N5O4. The van der Waals surface area contributed by atoms with E-state index in [2.05, 4.69) is 20.9 Å². The predicted molar refractivity (Wildman–Crippen MR) is 155 cm³/mol. The highest BCUT2D eigenvalue weighted by molar-refractivity contribution is 6.39. The maximum atomic E-state index is 13.5. The van der Waals surface area contributed by atoms with Gasteiger partial charge in [-0.2, -0.15) is 0 Å². The molecule has 1 aromatic heterocycles. The summed E-state index contributed by atoms with van der Waals surface area (Å²) in [5.74, 6) is -1.92. The molecule has 0 aliphatic carbocycles. The molecule has 9 nitrogen and oxygen atoms in total. The first-order valence-electron chi connectivity index (χ1n) is 12.2. The van der Waals surface area contributed by atoms with Crippen LogP contribution in [0.2, 0.25) is 15.1 Å². The monoisotopic (exact) mass is 643 g/mol. The lowest BCUT2D eigenvalue weighted by molar-refractivity contribution is -0.128. The van der Waals surface area contributed by atoms with Gasteiger partial charge < -0.3 is 30.4 Å². The Morgan fingerprint density at radius 1 is 1.10 bits per heavy atom. The molecule has 0 saturated carbocycles. The van der Waals surface area contributed by atoms with Crippen molar-refractivity contribution in [2.24, 2.45) is 7.05 Å². The van der Waals surface area contributed by atoms with Crippen molar-refractivity contribution < 1.29 is 32.6 Å². The smallest absolute Gasteiger partial charge is 0.272 e. The molecule has 222 valence electrons. The van der Waals surface area contributed by atoms with Crippen LogP contribution in [0.5, 0.6) is 5.75 Å². The molecule has 0 aliphatic heterocycles. The van der Waals surface area contributed by atoms with Gasteiger partial charge in [0.2, 0.25) is 11.9 Å². The maximum absolute atomic E-state index is 13.5. The number of hydrogen-bond acceptors (Lipinski definition) is 6. The average molecular weight is 645 g/mol. The molecule has 15 heteroatoms. The topological polar surface area (TPSA) is 118 Å². The van der Waals surface area contributed by atoms with Gasteiger partial charge in [-0.05, 0) is 42.8 Å². The van der Waals surface area contributed by atoms with Crippen molar-refractivity contribution in [1.82, 2.24) is 14.9 Å². The molecule has 2 amide bonds. The number of benzene rings is 3. The summed E-state index contributed by atoms with van der Waals surface area (Å²) in [5, 5.41) is 17.7. The molecule has 0 fully saturated rings. The first-order chi connectivity index (χ1) is 19.8. The van der Waals surface area contributed by atoms with Gasteiger partial charge in [-0.3, -0.25) is 9.59 Å². The number of nitrogens with zero attached hydrogens (tertiary/aromatic N) is 2. The van der Waals surface area contributed by atoms with Crippen LogP contribution in [-0.2, 0) is 18.4 Å². The third-order valence-electron chi connectivity index (χ3n) is 6.01. The van der Waals surface area contributed by atoms with Crippen LogP contribution < -0.4 is 20.7 Å². The van der Waals surface area contributed by atoms with Crippen LogP contribution in [0.15, 0.2) is 42.5 Å². The summed E-state index contributed by atoms with van der Waals surface area (Å²) in [6.07, 6.45) is -4.01. The fraction of sp³-hybridized carbons (Fsp3) is 0.222. The zero-order valence-electron chi connectivity index (χ0n) is 21.9. The lowest BCUT2D eigenvalue weighted by Gasteiger charge is -2.15. The number of imidazole rings is 1. The number of fused-ring (bicyclic) bond motifs is 1. The molecule has 4 rings (SSSR count). The number of hydrogen-bond donors (Lipinski definition) is 4. The van der Waals surface area contributed by atoms with E-state index in [1.807, 2.05) is 0 Å². The Morgan fingerprint density at radius 3 is 2.50 bits per heavy atom. The van der Waals surface area contributed by atoms with Crippen LogP contribution >= 0.6 is 34.8 Å². The standard InChI is InChI=1S/C27H23Cl3F3N5O4/c1-12(39)25(40)34-10-13-3-5-16(28)24(23(13)30)37-27-36-19-8-15(21(42-11-22(32)33)9-20(19)38(27)2)26(41)35-14-4-6-18(31)17(29)7-14/h3-9,12,22,39H,10-11H2,1-2H3,(H,34,40)(H,35,41)(H,36,37). The number of rotatable bonds is 10. The van der Waals surface area contributed by atoms with E-state index in [-0.39, 0.29) is 50.2 Å². The molecule has 0 aliphatic rings. The van der Waals surface area contributed by atoms with Gasteiger partial charge in [-0.15, -0.1) is 0 Å². The van der Waals surface area contributed by atoms with Crippen LogP contribution in [0.4, 0.5) is 30.5 Å². The van der Waals surface area contributed by atoms with Gasteiger partial charge in [0.1, 0.15) is 24.3 Å². The van der Waals surface area contributed by atoms with E-state index in [0.717, 1.165) is 6.07 Å². The Kier molecular flexibility index (Phi) is 9.72. The molecule has 42 heavy (non-hydrogen) atoms. The van der Waals surface area contributed by atoms with E-state index in [1.165, 1.54) is 31.2 Å². The molecule has 0 spiro atoms. The zero-order chi connectivity index (χ0) is 30.7. The van der Waals surface area contributed by atoms with Gasteiger partial charge in [0.05, 0.1) is 37.4 Å². The van der Waals surface area contributed by atoms with E-state index < -0.39 is 36.8 Å². The second kappa shape index (κ2) is 13.1. The lowest BCUT2D eigenvalue weighted by Crippen LogP contribution is -2.32. The molecule has 1 heterocycles. The number of halogens is 6. The highest BCUT2D eigenvalue weighted by Crippen LogP contribution is 2.37. The number of carbonyl (C=O) groups is 2. The summed E-state index contributed by atoms with van der Waals surface area (Å²) in [6, 6.07) is 9.46. The molecule has 0 radical (unpaired) electrons. The Bertz CT molecular complexity index is 1670. The van der Waals surface area contributed by atoms with Gasteiger partial charge in [0.25, 0.3) is 12.3 Å². The van der Waals surface area contributed by atoms with Crippen molar-refractivity contribution in [1.29, 1.82) is 0 Å². The number of anilines is 3. The largest absolute Gasteiger partial charge is 0.487 e. The van der Waals surface area contributed by atoms with Crippen molar-refractivity contribution in [2.45, 2.75) is 26.0 Å². The van der Waals surface area contributed by atoms with Gasteiger partial charge in [-0.25, -0.2) is 18.2 Å². The summed E-state index contributed by atoms with van der Waals surface area (Å²) in [4.78, 5) is 29.4. The van der Waals surface area contributed by atoms with Crippen LogP contribution in [0, 0.1) is 5.82 Å². The quantitative estimate of drug-likeness (QED) is 0.161. The molecular weight excluding hydrogens is 622 g/mol. The number of aromatic nitrogens is 2. The minimum atomic E-state index is -2.81. The summed E-state index contributed by atoms with van der Waals surface area (Å²) in [5.41, 5.74) is 1.53. The van der Waals surface area contributed by atoms with Gasteiger partial charge in [0.15, 0.2) is 0 Å². The second-order valence-corrected chi connectivity index (χ2v) is 10.2. The van der Waals surface area contributed by atoms with E-state index in [0.29, 0.717) is 16.6 Å². The van der Waals surface area contributed by atoms with Crippen molar-refractivity contribution in [3.8, 4) is 5.75 Å². The minimum absolute atomic E-state index is 0.0134. The van der Waals surface area contributed by atoms with Crippen molar-refractivity contribution in [3.63, 3.8) is 0 Å². The fourth-order valence-corrected chi connectivity index (χ4v) is 4.55. The fourth-order valence-electron chi connectivity index (χ4n) is 3.84. The molecule has 1 unspecified atom stereocenters. The molecule has 3 aromatic carbocycles. The molecule has 4 aromatic rings. The summed E-state index contributed by atoms with van der Waals surface area (Å²) >= 11 is 18.8. The number of ether oxygens (including phenoxy) is 1. The summed E-state index contributed by atoms with van der Waals surface area (Å²) in [7, 11) is 1.63. The predicted octanol–water partition coefficient (Wildman–Crippen LogP) is 6.31. The summed E-state index contributed by atoms with van der Waals surface area (Å²) < 4.78 is 46.4. The minimum Gasteiger partial charge on any atom is -0.487 e.